The van der Waals surface area contributed by atoms with Gasteiger partial charge in [-0.15, -0.1) is 0 Å². The first kappa shape index (κ1) is 15.7. The highest BCUT2D eigenvalue weighted by Crippen LogP contribution is 2.37. The van der Waals surface area contributed by atoms with E-state index in [9.17, 15) is 0 Å². The molecule has 1 spiro atoms. The predicted octanol–water partition coefficient (Wildman–Crippen LogP) is 0.728. The van der Waals surface area contributed by atoms with Crippen molar-refractivity contribution in [3.8, 4) is 0 Å². The van der Waals surface area contributed by atoms with E-state index < -0.39 is 0 Å². The van der Waals surface area contributed by atoms with Gasteiger partial charge in [-0.05, 0) is 18.2 Å². The summed E-state index contributed by atoms with van der Waals surface area (Å²) in [5, 5.41) is 0.868. The van der Waals surface area contributed by atoms with Gasteiger partial charge in [0.25, 0.3) is 0 Å². The summed E-state index contributed by atoms with van der Waals surface area (Å²) in [6, 6.07) is 17.2. The normalized spacial score (nSPS) is 18.9. The molecule has 2 aliphatic rings. The number of halogens is 2. The number of fused-ring (bicyclic) bond motifs is 2. The quantitative estimate of drug-likeness (QED) is 0.695. The molecule has 0 atom stereocenters. The highest BCUT2D eigenvalue weighted by Gasteiger charge is 2.40. The molecular weight excluding hydrogens is 315 g/mol. The number of benzene rings is 2. The minimum atomic E-state index is 0. The summed E-state index contributed by atoms with van der Waals surface area (Å²) in [7, 11) is 0. The van der Waals surface area contributed by atoms with E-state index in [1.807, 2.05) is 12.1 Å². The average Bonchev–Trinajstić information content (AvgIpc) is 2.88. The molecule has 0 bridgehead atoms. The summed E-state index contributed by atoms with van der Waals surface area (Å²) < 4.78 is 1.16. The Kier molecular flexibility index (Phi) is 4.35. The Labute approximate surface area is 143 Å². The van der Waals surface area contributed by atoms with Crippen LogP contribution in [0.4, 0.5) is 11.4 Å². The van der Waals surface area contributed by atoms with Crippen LogP contribution in [0.15, 0.2) is 48.5 Å². The van der Waals surface area contributed by atoms with Gasteiger partial charge in [-0.2, -0.15) is 0 Å². The smallest absolute Gasteiger partial charge is 0.136 e. The van der Waals surface area contributed by atoms with Gasteiger partial charge < -0.3 is 17.3 Å². The summed E-state index contributed by atoms with van der Waals surface area (Å²) in [4.78, 5) is 2.44. The zero-order valence-corrected chi connectivity index (χ0v) is 14.0. The van der Waals surface area contributed by atoms with Gasteiger partial charge in [-0.3, -0.25) is 4.48 Å². The van der Waals surface area contributed by atoms with E-state index >= 15 is 0 Å². The van der Waals surface area contributed by atoms with Crippen LogP contribution in [0.3, 0.4) is 0 Å². The van der Waals surface area contributed by atoms with Crippen LogP contribution in [0.5, 0.6) is 0 Å². The second-order valence-electron chi connectivity index (χ2n) is 6.13. The summed E-state index contributed by atoms with van der Waals surface area (Å²) in [6.07, 6.45) is 1.22. The van der Waals surface area contributed by atoms with Crippen molar-refractivity contribution in [1.29, 1.82) is 0 Å². The predicted molar refractivity (Wildman–Crippen MR) is 90.2 cm³/mol. The zero-order valence-electron chi connectivity index (χ0n) is 12.5. The minimum Gasteiger partial charge on any atom is -1.00 e. The molecule has 22 heavy (non-hydrogen) atoms. The molecule has 0 aliphatic carbocycles. The first-order chi connectivity index (χ1) is 10.3. The SMILES string of the molecule is Clc1ccccc1N1CC[N+]2(CCc3ccccc32)CC1.[Cl-]. The molecule has 2 aromatic rings. The fraction of sp³-hybridized carbons (Fsp3) is 0.333. The number of quaternary nitrogens is 1. The molecule has 1 fully saturated rings. The monoisotopic (exact) mass is 334 g/mol. The van der Waals surface area contributed by atoms with Crippen LogP contribution in [-0.4, -0.2) is 32.7 Å². The lowest BCUT2D eigenvalue weighted by Crippen LogP contribution is -3.00. The summed E-state index contributed by atoms with van der Waals surface area (Å²) in [6.45, 7) is 5.79. The topological polar surface area (TPSA) is 3.24 Å². The molecule has 0 saturated carbocycles. The third kappa shape index (κ3) is 2.50. The maximum atomic E-state index is 6.34. The van der Waals surface area contributed by atoms with Crippen molar-refractivity contribution in [1.82, 2.24) is 4.48 Å². The standard InChI is InChI=1S/C18H20ClN2.ClH/c19-16-6-2-3-7-17(16)20-10-13-21(14-11-20)12-9-15-5-1-4-8-18(15)21;/h1-8H,9-14H2;1H/q+1;/p-1. The number of rotatable bonds is 1. The molecule has 4 heteroatoms. The molecule has 2 aromatic carbocycles. The molecule has 116 valence electrons. The van der Waals surface area contributed by atoms with Crippen LogP contribution in [0.25, 0.3) is 0 Å². The van der Waals surface area contributed by atoms with Crippen molar-refractivity contribution in [3.63, 3.8) is 0 Å². The summed E-state index contributed by atoms with van der Waals surface area (Å²) >= 11 is 6.34. The zero-order chi connectivity index (χ0) is 14.3. The summed E-state index contributed by atoms with van der Waals surface area (Å²) in [5.74, 6) is 0. The lowest BCUT2D eigenvalue weighted by Gasteiger charge is -2.43. The van der Waals surface area contributed by atoms with Crippen molar-refractivity contribution in [2.24, 2.45) is 0 Å². The van der Waals surface area contributed by atoms with Crippen LogP contribution < -0.4 is 21.8 Å². The Morgan fingerprint density at radius 1 is 0.864 bits per heavy atom. The van der Waals surface area contributed by atoms with Gasteiger partial charge in [0.2, 0.25) is 0 Å². The van der Waals surface area contributed by atoms with Gasteiger partial charge in [-0.1, -0.05) is 41.9 Å². The van der Waals surface area contributed by atoms with E-state index in [2.05, 4.69) is 41.3 Å². The Morgan fingerprint density at radius 2 is 1.55 bits per heavy atom. The number of nitrogens with zero attached hydrogens (tertiary/aromatic N) is 2. The first-order valence-electron chi connectivity index (χ1n) is 7.73. The molecule has 0 unspecified atom stereocenters. The Bertz CT molecular complexity index is 664. The van der Waals surface area contributed by atoms with E-state index in [4.69, 9.17) is 11.6 Å². The van der Waals surface area contributed by atoms with Gasteiger partial charge in [-0.25, -0.2) is 0 Å². The number of hydrogen-bond donors (Lipinski definition) is 0. The molecule has 0 aromatic heterocycles. The highest BCUT2D eigenvalue weighted by molar-refractivity contribution is 6.33. The van der Waals surface area contributed by atoms with Crippen LogP contribution in [0.1, 0.15) is 5.56 Å². The second kappa shape index (κ2) is 6.11. The maximum absolute atomic E-state index is 6.34. The van der Waals surface area contributed by atoms with Crippen molar-refractivity contribution in [2.45, 2.75) is 6.42 Å². The molecule has 0 N–H and O–H groups in total. The lowest BCUT2D eigenvalue weighted by atomic mass is 10.1. The molecule has 4 rings (SSSR count). The van der Waals surface area contributed by atoms with Crippen LogP contribution in [0, 0.1) is 0 Å². The van der Waals surface area contributed by atoms with Gasteiger partial charge in [0.05, 0.1) is 30.3 Å². The largest absolute Gasteiger partial charge is 1.00 e. The van der Waals surface area contributed by atoms with Gasteiger partial charge in [0.1, 0.15) is 18.8 Å². The van der Waals surface area contributed by atoms with E-state index in [1.54, 1.807) is 11.3 Å². The minimum absolute atomic E-state index is 0. The Hall–Kier alpha value is -1.22. The number of piperazine rings is 1. The number of anilines is 1. The van der Waals surface area contributed by atoms with Crippen molar-refractivity contribution in [2.75, 3.05) is 37.6 Å². The van der Waals surface area contributed by atoms with Gasteiger partial charge in [0, 0.05) is 12.0 Å². The molecule has 0 radical (unpaired) electrons. The van der Waals surface area contributed by atoms with Gasteiger partial charge >= 0.3 is 0 Å². The molecular formula is C18H20Cl2N2. The number of para-hydroxylation sites is 2. The number of hydrogen-bond acceptors (Lipinski definition) is 1. The second-order valence-corrected chi connectivity index (χ2v) is 6.54. The third-order valence-electron chi connectivity index (χ3n) is 5.10. The van der Waals surface area contributed by atoms with E-state index in [0.717, 1.165) is 22.6 Å². The van der Waals surface area contributed by atoms with Crippen LogP contribution in [-0.2, 0) is 6.42 Å². The van der Waals surface area contributed by atoms with E-state index in [1.165, 1.54) is 31.7 Å². The average molecular weight is 335 g/mol. The first-order valence-corrected chi connectivity index (χ1v) is 8.10. The molecule has 2 aliphatic heterocycles. The Morgan fingerprint density at radius 3 is 2.32 bits per heavy atom. The lowest BCUT2D eigenvalue weighted by molar-refractivity contribution is -0.00000404. The Balaban J connectivity index is 0.00000144. The third-order valence-corrected chi connectivity index (χ3v) is 5.42. The van der Waals surface area contributed by atoms with Crippen molar-refractivity contribution < 1.29 is 12.4 Å². The summed E-state index contributed by atoms with van der Waals surface area (Å²) in [5.41, 5.74) is 4.28. The van der Waals surface area contributed by atoms with Crippen molar-refractivity contribution >= 4 is 23.0 Å². The highest BCUT2D eigenvalue weighted by atomic mass is 35.5. The van der Waals surface area contributed by atoms with Crippen LogP contribution >= 0.6 is 11.6 Å². The molecule has 1 saturated heterocycles. The van der Waals surface area contributed by atoms with Crippen molar-refractivity contribution in [3.05, 3.63) is 59.1 Å². The molecule has 0 amide bonds. The van der Waals surface area contributed by atoms with E-state index in [0.29, 0.717) is 0 Å². The fourth-order valence-corrected chi connectivity index (χ4v) is 4.16. The van der Waals surface area contributed by atoms with Gasteiger partial charge in [0.15, 0.2) is 0 Å². The maximum Gasteiger partial charge on any atom is 0.136 e. The van der Waals surface area contributed by atoms with E-state index in [-0.39, 0.29) is 12.4 Å². The molecule has 2 heterocycles. The molecule has 2 nitrogen and oxygen atoms in total. The van der Waals surface area contributed by atoms with Crippen LogP contribution in [0.2, 0.25) is 5.02 Å². The fourth-order valence-electron chi connectivity index (χ4n) is 3.90.